The van der Waals surface area contributed by atoms with Gasteiger partial charge in [-0.25, -0.2) is 4.98 Å². The number of thiazole rings is 1. The molecule has 1 aromatic rings. The quantitative estimate of drug-likeness (QED) is 0.739. The Hall–Kier alpha value is -0.650. The van der Waals surface area contributed by atoms with Gasteiger partial charge in [0.05, 0.1) is 5.69 Å². The second-order valence-corrected chi connectivity index (χ2v) is 4.98. The van der Waals surface area contributed by atoms with Gasteiger partial charge in [0, 0.05) is 39.2 Å². The molecular formula is C11H21N3OS. The van der Waals surface area contributed by atoms with E-state index in [1.54, 1.807) is 18.4 Å². The van der Waals surface area contributed by atoms with Gasteiger partial charge in [0.2, 0.25) is 0 Å². The zero-order valence-corrected chi connectivity index (χ0v) is 11.4. The van der Waals surface area contributed by atoms with Crippen molar-refractivity contribution in [2.24, 2.45) is 0 Å². The van der Waals surface area contributed by atoms with Gasteiger partial charge in [-0.3, -0.25) is 0 Å². The van der Waals surface area contributed by atoms with E-state index >= 15 is 0 Å². The lowest BCUT2D eigenvalue weighted by Gasteiger charge is -2.05. The number of ether oxygens (including phenoxy) is 1. The van der Waals surface area contributed by atoms with Gasteiger partial charge >= 0.3 is 0 Å². The molecule has 1 heterocycles. The Morgan fingerprint density at radius 2 is 2.19 bits per heavy atom. The van der Waals surface area contributed by atoms with E-state index in [1.807, 2.05) is 19.0 Å². The number of nitrogens with zero attached hydrogens (tertiary/aromatic N) is 2. The minimum Gasteiger partial charge on any atom is -0.385 e. The summed E-state index contributed by atoms with van der Waals surface area (Å²) in [6, 6.07) is 0. The molecule has 0 amide bonds. The smallest absolute Gasteiger partial charge is 0.185 e. The van der Waals surface area contributed by atoms with E-state index in [9.17, 15) is 0 Å². The molecule has 0 spiro atoms. The Balaban J connectivity index is 2.36. The van der Waals surface area contributed by atoms with E-state index in [-0.39, 0.29) is 0 Å². The van der Waals surface area contributed by atoms with Crippen LogP contribution in [0.5, 0.6) is 0 Å². The highest BCUT2D eigenvalue weighted by atomic mass is 32.1. The Morgan fingerprint density at radius 1 is 1.44 bits per heavy atom. The fraction of sp³-hybridized carbons (Fsp3) is 0.727. The molecule has 0 aliphatic carbocycles. The van der Waals surface area contributed by atoms with E-state index in [2.05, 4.69) is 17.2 Å². The van der Waals surface area contributed by atoms with Crippen LogP contribution in [0.4, 0.5) is 5.13 Å². The van der Waals surface area contributed by atoms with Crippen LogP contribution in [-0.4, -0.2) is 39.3 Å². The molecule has 1 rings (SSSR count). The number of methoxy groups -OCH3 is 1. The van der Waals surface area contributed by atoms with Gasteiger partial charge in [0.25, 0.3) is 0 Å². The lowest BCUT2D eigenvalue weighted by molar-refractivity contribution is 0.194. The molecule has 1 N–H and O–H groups in total. The maximum absolute atomic E-state index is 5.00. The van der Waals surface area contributed by atoms with Crippen LogP contribution in [0.15, 0.2) is 0 Å². The van der Waals surface area contributed by atoms with Gasteiger partial charge in [0.15, 0.2) is 5.13 Å². The second kappa shape index (κ2) is 6.83. The number of anilines is 1. The predicted molar refractivity (Wildman–Crippen MR) is 69.4 cm³/mol. The van der Waals surface area contributed by atoms with Crippen molar-refractivity contribution >= 4 is 16.5 Å². The van der Waals surface area contributed by atoms with E-state index in [0.717, 1.165) is 36.9 Å². The van der Waals surface area contributed by atoms with Crippen LogP contribution in [0.2, 0.25) is 0 Å². The highest BCUT2D eigenvalue weighted by molar-refractivity contribution is 7.15. The summed E-state index contributed by atoms with van der Waals surface area (Å²) in [5, 5.41) is 4.48. The predicted octanol–water partition coefficient (Wildman–Crippen LogP) is 1.64. The Morgan fingerprint density at radius 3 is 2.75 bits per heavy atom. The summed E-state index contributed by atoms with van der Waals surface area (Å²) in [4.78, 5) is 7.87. The van der Waals surface area contributed by atoms with Crippen LogP contribution in [0.3, 0.4) is 0 Å². The topological polar surface area (TPSA) is 37.4 Å². The van der Waals surface area contributed by atoms with Gasteiger partial charge in [-0.15, -0.1) is 11.3 Å². The molecule has 0 fully saturated rings. The highest BCUT2D eigenvalue weighted by Gasteiger charge is 2.07. The van der Waals surface area contributed by atoms with E-state index in [1.165, 1.54) is 4.88 Å². The van der Waals surface area contributed by atoms with Crippen molar-refractivity contribution in [2.45, 2.75) is 19.9 Å². The average molecular weight is 243 g/mol. The largest absolute Gasteiger partial charge is 0.385 e. The molecule has 4 nitrogen and oxygen atoms in total. The second-order valence-electron chi connectivity index (χ2n) is 3.92. The molecule has 0 saturated heterocycles. The molecule has 0 atom stereocenters. The molecule has 1 aromatic heterocycles. The first kappa shape index (κ1) is 13.4. The fourth-order valence-corrected chi connectivity index (χ4v) is 2.26. The summed E-state index contributed by atoms with van der Waals surface area (Å²) in [6.45, 7) is 4.77. The summed E-state index contributed by atoms with van der Waals surface area (Å²) in [5.74, 6) is 0. The zero-order valence-electron chi connectivity index (χ0n) is 10.5. The number of aryl methyl sites for hydroxylation is 1. The Kier molecular flexibility index (Phi) is 5.73. The molecular weight excluding hydrogens is 222 g/mol. The van der Waals surface area contributed by atoms with Crippen LogP contribution in [0.1, 0.15) is 17.0 Å². The standard InChI is InChI=1S/C11H21N3OS/c1-9-10(8-12-6-5-7-15-4)16-11(13-9)14(2)3/h12H,5-8H2,1-4H3. The molecule has 0 unspecified atom stereocenters. The highest BCUT2D eigenvalue weighted by Crippen LogP contribution is 2.24. The van der Waals surface area contributed by atoms with Crippen LogP contribution < -0.4 is 10.2 Å². The number of hydrogen-bond donors (Lipinski definition) is 1. The average Bonchev–Trinajstić information content (AvgIpc) is 2.60. The minimum absolute atomic E-state index is 0.817. The van der Waals surface area contributed by atoms with Crippen molar-refractivity contribution in [3.8, 4) is 0 Å². The zero-order chi connectivity index (χ0) is 12.0. The van der Waals surface area contributed by atoms with Gasteiger partial charge in [-0.1, -0.05) is 0 Å². The Bertz CT molecular complexity index is 312. The number of hydrogen-bond acceptors (Lipinski definition) is 5. The molecule has 92 valence electrons. The molecule has 16 heavy (non-hydrogen) atoms. The third-order valence-corrected chi connectivity index (χ3v) is 3.58. The summed E-state index contributed by atoms with van der Waals surface area (Å²) < 4.78 is 5.00. The lowest BCUT2D eigenvalue weighted by atomic mass is 10.4. The summed E-state index contributed by atoms with van der Waals surface area (Å²) in [6.07, 6.45) is 1.05. The van der Waals surface area contributed by atoms with Crippen molar-refractivity contribution in [1.29, 1.82) is 0 Å². The first-order valence-electron chi connectivity index (χ1n) is 5.48. The van der Waals surface area contributed by atoms with Crippen molar-refractivity contribution in [3.05, 3.63) is 10.6 Å². The maximum atomic E-state index is 5.00. The number of aromatic nitrogens is 1. The fourth-order valence-electron chi connectivity index (χ4n) is 1.31. The molecule has 0 radical (unpaired) electrons. The lowest BCUT2D eigenvalue weighted by Crippen LogP contribution is -2.15. The molecule has 0 aliphatic rings. The van der Waals surface area contributed by atoms with Crippen LogP contribution >= 0.6 is 11.3 Å². The minimum atomic E-state index is 0.817. The van der Waals surface area contributed by atoms with Gasteiger partial charge < -0.3 is 15.0 Å². The number of nitrogens with one attached hydrogen (secondary N) is 1. The monoisotopic (exact) mass is 243 g/mol. The summed E-state index contributed by atoms with van der Waals surface area (Å²) >= 11 is 1.75. The maximum Gasteiger partial charge on any atom is 0.185 e. The first-order chi connectivity index (χ1) is 7.65. The molecule has 0 saturated carbocycles. The van der Waals surface area contributed by atoms with Crippen molar-refractivity contribution in [3.63, 3.8) is 0 Å². The van der Waals surface area contributed by atoms with Crippen LogP contribution in [0.25, 0.3) is 0 Å². The van der Waals surface area contributed by atoms with Crippen molar-refractivity contribution in [1.82, 2.24) is 10.3 Å². The summed E-state index contributed by atoms with van der Waals surface area (Å²) in [7, 11) is 5.78. The third-order valence-electron chi connectivity index (χ3n) is 2.25. The van der Waals surface area contributed by atoms with Crippen LogP contribution in [0, 0.1) is 6.92 Å². The Labute approximate surface area is 102 Å². The summed E-state index contributed by atoms with van der Waals surface area (Å²) in [5.41, 5.74) is 1.13. The van der Waals surface area contributed by atoms with Gasteiger partial charge in [-0.05, 0) is 19.9 Å². The molecule has 0 aromatic carbocycles. The van der Waals surface area contributed by atoms with Gasteiger partial charge in [0.1, 0.15) is 0 Å². The van der Waals surface area contributed by atoms with E-state index in [0.29, 0.717) is 0 Å². The SMILES string of the molecule is COCCCNCc1sc(N(C)C)nc1C. The first-order valence-corrected chi connectivity index (χ1v) is 6.30. The third kappa shape index (κ3) is 4.08. The van der Waals surface area contributed by atoms with Crippen molar-refractivity contribution < 1.29 is 4.74 Å². The van der Waals surface area contributed by atoms with E-state index < -0.39 is 0 Å². The van der Waals surface area contributed by atoms with Crippen molar-refractivity contribution in [2.75, 3.05) is 39.3 Å². The number of rotatable bonds is 7. The molecule has 5 heteroatoms. The van der Waals surface area contributed by atoms with E-state index in [4.69, 9.17) is 4.74 Å². The molecule has 0 bridgehead atoms. The molecule has 0 aliphatic heterocycles. The van der Waals surface area contributed by atoms with Crippen LogP contribution in [-0.2, 0) is 11.3 Å². The normalized spacial score (nSPS) is 10.8. The van der Waals surface area contributed by atoms with Gasteiger partial charge in [-0.2, -0.15) is 0 Å².